The van der Waals surface area contributed by atoms with E-state index in [1.54, 1.807) is 0 Å². The van der Waals surface area contributed by atoms with Gasteiger partial charge in [0.2, 0.25) is 0 Å². The summed E-state index contributed by atoms with van der Waals surface area (Å²) in [6.07, 6.45) is 1.53. The molecule has 1 amide bonds. The van der Waals surface area contributed by atoms with E-state index < -0.39 is 5.41 Å². The number of para-hydroxylation sites is 1. The Hall–Kier alpha value is -2.61. The van der Waals surface area contributed by atoms with E-state index in [-0.39, 0.29) is 5.91 Å². The lowest BCUT2D eigenvalue weighted by molar-refractivity contribution is -0.124. The van der Waals surface area contributed by atoms with Crippen LogP contribution in [0.1, 0.15) is 26.2 Å². The molecule has 1 atom stereocenters. The summed E-state index contributed by atoms with van der Waals surface area (Å²) >= 11 is 0. The molecular formula is C16H16N4O. The number of nitriles is 1. The quantitative estimate of drug-likeness (QED) is 0.857. The summed E-state index contributed by atoms with van der Waals surface area (Å²) < 4.78 is 0. The number of benzene rings is 1. The molecule has 0 radical (unpaired) electrons. The lowest BCUT2D eigenvalue weighted by Gasteiger charge is -2.32. The molecule has 0 saturated heterocycles. The Kier molecular flexibility index (Phi) is 3.02. The van der Waals surface area contributed by atoms with Gasteiger partial charge in [-0.25, -0.2) is 0 Å². The highest BCUT2D eigenvalue weighted by molar-refractivity contribution is 6.18. The van der Waals surface area contributed by atoms with Crippen molar-refractivity contribution in [3.05, 3.63) is 41.6 Å². The minimum Gasteiger partial charge on any atom is -0.401 e. The van der Waals surface area contributed by atoms with Crippen LogP contribution in [0.5, 0.6) is 0 Å². The number of hydrogen-bond acceptors (Lipinski definition) is 4. The molecule has 5 heteroatoms. The van der Waals surface area contributed by atoms with E-state index in [9.17, 15) is 10.1 Å². The van der Waals surface area contributed by atoms with Crippen molar-refractivity contribution in [3.8, 4) is 6.07 Å². The van der Waals surface area contributed by atoms with Gasteiger partial charge in [0.15, 0.2) is 0 Å². The van der Waals surface area contributed by atoms with Gasteiger partial charge in [0, 0.05) is 17.7 Å². The highest BCUT2D eigenvalue weighted by atomic mass is 16.2. The van der Waals surface area contributed by atoms with Crippen LogP contribution < -0.4 is 10.7 Å². The zero-order chi connectivity index (χ0) is 15.0. The molecule has 5 nitrogen and oxygen atoms in total. The number of nitrogens with zero attached hydrogens (tertiary/aromatic N) is 3. The van der Waals surface area contributed by atoms with Crippen molar-refractivity contribution in [3.63, 3.8) is 0 Å². The molecule has 0 bridgehead atoms. The lowest BCUT2D eigenvalue weighted by Crippen LogP contribution is -2.41. The Morgan fingerprint density at radius 2 is 2.10 bits per heavy atom. The molecule has 0 aromatic heterocycles. The van der Waals surface area contributed by atoms with E-state index in [1.807, 2.05) is 37.3 Å². The van der Waals surface area contributed by atoms with Gasteiger partial charge in [-0.1, -0.05) is 18.2 Å². The summed E-state index contributed by atoms with van der Waals surface area (Å²) in [4.78, 5) is 12.9. The topological polar surface area (TPSA) is 82.5 Å². The first-order valence-corrected chi connectivity index (χ1v) is 6.91. The first-order valence-electron chi connectivity index (χ1n) is 6.91. The SMILES string of the molecule is CC1=NN(c2ccccc2)C(=O)C12CCC(N)=C(C#N)C2. The van der Waals surface area contributed by atoms with Gasteiger partial charge in [0.1, 0.15) is 0 Å². The smallest absolute Gasteiger partial charge is 0.259 e. The number of hydrazone groups is 1. The summed E-state index contributed by atoms with van der Waals surface area (Å²) in [5.74, 6) is -0.0635. The average Bonchev–Trinajstić information content (AvgIpc) is 2.75. The average molecular weight is 280 g/mol. The van der Waals surface area contributed by atoms with Crippen molar-refractivity contribution in [1.82, 2.24) is 0 Å². The van der Waals surface area contributed by atoms with Gasteiger partial charge in [-0.15, -0.1) is 0 Å². The summed E-state index contributed by atoms with van der Waals surface area (Å²) in [5.41, 5.74) is 7.79. The van der Waals surface area contributed by atoms with Gasteiger partial charge < -0.3 is 5.73 Å². The van der Waals surface area contributed by atoms with Crippen LogP contribution in [0.2, 0.25) is 0 Å². The summed E-state index contributed by atoms with van der Waals surface area (Å²) in [6, 6.07) is 11.5. The number of carbonyl (C=O) groups is 1. The minimum atomic E-state index is -0.705. The van der Waals surface area contributed by atoms with E-state index in [2.05, 4.69) is 11.2 Å². The fraction of sp³-hybridized carbons (Fsp3) is 0.312. The molecule has 106 valence electrons. The third-order valence-corrected chi connectivity index (χ3v) is 4.37. The summed E-state index contributed by atoms with van der Waals surface area (Å²) in [7, 11) is 0. The third-order valence-electron chi connectivity index (χ3n) is 4.37. The predicted molar refractivity (Wildman–Crippen MR) is 80.1 cm³/mol. The van der Waals surface area contributed by atoms with E-state index in [1.165, 1.54) is 5.01 Å². The number of rotatable bonds is 1. The molecule has 3 rings (SSSR count). The molecule has 1 aliphatic heterocycles. The Balaban J connectivity index is 1.99. The van der Waals surface area contributed by atoms with Crippen molar-refractivity contribution in [1.29, 1.82) is 5.26 Å². The van der Waals surface area contributed by atoms with Crippen LogP contribution >= 0.6 is 0 Å². The van der Waals surface area contributed by atoms with E-state index >= 15 is 0 Å². The molecule has 1 aromatic carbocycles. The van der Waals surface area contributed by atoms with Crippen molar-refractivity contribution >= 4 is 17.3 Å². The Morgan fingerprint density at radius 3 is 2.76 bits per heavy atom. The lowest BCUT2D eigenvalue weighted by atomic mass is 9.70. The number of allylic oxidation sites excluding steroid dienone is 2. The monoisotopic (exact) mass is 280 g/mol. The summed E-state index contributed by atoms with van der Waals surface area (Å²) in [6.45, 7) is 1.86. The predicted octanol–water partition coefficient (Wildman–Crippen LogP) is 2.32. The molecule has 1 unspecified atom stereocenters. The second-order valence-corrected chi connectivity index (χ2v) is 5.51. The van der Waals surface area contributed by atoms with Gasteiger partial charge in [-0.05, 0) is 31.9 Å². The maximum atomic E-state index is 12.9. The molecule has 1 aromatic rings. The van der Waals surface area contributed by atoms with E-state index in [0.717, 1.165) is 11.4 Å². The van der Waals surface area contributed by atoms with Crippen LogP contribution in [0.15, 0.2) is 46.7 Å². The standard InChI is InChI=1S/C16H16N4O/c1-11-16(8-7-14(18)12(9-16)10-17)15(21)20(19-11)13-5-3-2-4-6-13/h2-6H,7-9,18H2,1H3. The zero-order valence-electron chi connectivity index (χ0n) is 11.8. The van der Waals surface area contributed by atoms with Gasteiger partial charge in [-0.3, -0.25) is 4.79 Å². The molecule has 2 aliphatic rings. The zero-order valence-corrected chi connectivity index (χ0v) is 11.8. The van der Waals surface area contributed by atoms with Crippen molar-refractivity contribution in [2.75, 3.05) is 5.01 Å². The normalized spacial score (nSPS) is 25.2. The summed E-state index contributed by atoms with van der Waals surface area (Å²) in [5, 5.41) is 15.1. The molecule has 1 aliphatic carbocycles. The van der Waals surface area contributed by atoms with E-state index in [0.29, 0.717) is 30.5 Å². The molecule has 2 N–H and O–H groups in total. The second kappa shape index (κ2) is 4.74. The largest absolute Gasteiger partial charge is 0.401 e. The maximum absolute atomic E-state index is 12.9. The molecular weight excluding hydrogens is 264 g/mol. The molecule has 1 heterocycles. The second-order valence-electron chi connectivity index (χ2n) is 5.51. The fourth-order valence-corrected chi connectivity index (χ4v) is 3.00. The Labute approximate surface area is 123 Å². The van der Waals surface area contributed by atoms with Crippen LogP contribution in [0.3, 0.4) is 0 Å². The first-order chi connectivity index (χ1) is 10.1. The molecule has 0 fully saturated rings. The number of carbonyl (C=O) groups excluding carboxylic acids is 1. The van der Waals surface area contributed by atoms with Gasteiger partial charge in [0.05, 0.1) is 22.9 Å². The van der Waals surface area contributed by atoms with Crippen LogP contribution in [-0.2, 0) is 4.79 Å². The van der Waals surface area contributed by atoms with Gasteiger partial charge >= 0.3 is 0 Å². The third kappa shape index (κ3) is 1.91. The highest BCUT2D eigenvalue weighted by Gasteiger charge is 2.51. The Bertz CT molecular complexity index is 699. The first kappa shape index (κ1) is 13.4. The molecule has 0 saturated carbocycles. The van der Waals surface area contributed by atoms with Crippen LogP contribution in [0.25, 0.3) is 0 Å². The molecule has 21 heavy (non-hydrogen) atoms. The van der Waals surface area contributed by atoms with Gasteiger partial charge in [-0.2, -0.15) is 15.4 Å². The number of anilines is 1. The number of amides is 1. The van der Waals surface area contributed by atoms with Crippen molar-refractivity contribution in [2.24, 2.45) is 16.3 Å². The van der Waals surface area contributed by atoms with Crippen LogP contribution in [-0.4, -0.2) is 11.6 Å². The number of nitrogens with two attached hydrogens (primary N) is 1. The minimum absolute atomic E-state index is 0.0635. The highest BCUT2D eigenvalue weighted by Crippen LogP contribution is 2.45. The van der Waals surface area contributed by atoms with E-state index in [4.69, 9.17) is 5.73 Å². The van der Waals surface area contributed by atoms with Crippen molar-refractivity contribution in [2.45, 2.75) is 26.2 Å². The Morgan fingerprint density at radius 1 is 1.38 bits per heavy atom. The van der Waals surface area contributed by atoms with Crippen LogP contribution in [0.4, 0.5) is 5.69 Å². The fourth-order valence-electron chi connectivity index (χ4n) is 3.00. The molecule has 1 spiro atoms. The van der Waals surface area contributed by atoms with Crippen molar-refractivity contribution < 1.29 is 4.79 Å². The van der Waals surface area contributed by atoms with Crippen LogP contribution in [0, 0.1) is 16.7 Å². The maximum Gasteiger partial charge on any atom is 0.259 e. The number of hydrogen-bond donors (Lipinski definition) is 1. The van der Waals surface area contributed by atoms with Gasteiger partial charge in [0.25, 0.3) is 5.91 Å².